The Balaban J connectivity index is 0.00000338. The molecule has 27 heavy (non-hydrogen) atoms. The van der Waals surface area contributed by atoms with Crippen LogP contribution >= 0.6 is 24.8 Å². The minimum Gasteiger partial charge on any atom is -0.351 e. The van der Waals surface area contributed by atoms with Gasteiger partial charge in [0, 0.05) is 30.3 Å². The molecule has 1 aromatic rings. The predicted molar refractivity (Wildman–Crippen MR) is 115 cm³/mol. The zero-order valence-corrected chi connectivity index (χ0v) is 17.9. The van der Waals surface area contributed by atoms with Crippen molar-refractivity contribution in [2.75, 3.05) is 44.6 Å². The molecule has 1 unspecified atom stereocenters. The highest BCUT2D eigenvalue weighted by Crippen LogP contribution is 2.19. The minimum absolute atomic E-state index is 0. The Bertz CT molecular complexity index is 593. The number of nitrogens with one attached hydrogen (secondary N) is 3. The van der Waals surface area contributed by atoms with Crippen molar-refractivity contribution in [1.82, 2.24) is 15.5 Å². The molecule has 1 aliphatic heterocycles. The van der Waals surface area contributed by atoms with Crippen molar-refractivity contribution < 1.29 is 9.59 Å². The Morgan fingerprint density at radius 2 is 1.89 bits per heavy atom. The molecule has 0 aromatic heterocycles. The van der Waals surface area contributed by atoms with Gasteiger partial charge < -0.3 is 20.9 Å². The predicted octanol–water partition coefficient (Wildman–Crippen LogP) is 2.40. The molecule has 2 amide bonds. The van der Waals surface area contributed by atoms with Crippen LogP contribution in [-0.4, -0.2) is 56.0 Å². The third-order valence-corrected chi connectivity index (χ3v) is 4.93. The summed E-state index contributed by atoms with van der Waals surface area (Å²) in [6.45, 7) is 11.4. The van der Waals surface area contributed by atoms with Crippen LogP contribution in [0, 0.1) is 11.8 Å². The van der Waals surface area contributed by atoms with Crippen LogP contribution in [0.15, 0.2) is 24.3 Å². The largest absolute Gasteiger partial charge is 0.351 e. The summed E-state index contributed by atoms with van der Waals surface area (Å²) in [4.78, 5) is 26.8. The highest BCUT2D eigenvalue weighted by atomic mass is 35.5. The quantitative estimate of drug-likeness (QED) is 0.575. The maximum absolute atomic E-state index is 12.3. The van der Waals surface area contributed by atoms with Gasteiger partial charge in [0.1, 0.15) is 0 Å². The number of benzene rings is 1. The van der Waals surface area contributed by atoms with Crippen LogP contribution in [-0.2, 0) is 4.79 Å². The zero-order chi connectivity index (χ0) is 18.2. The van der Waals surface area contributed by atoms with Gasteiger partial charge in [-0.2, -0.15) is 0 Å². The Labute approximate surface area is 174 Å². The molecule has 2 rings (SSSR count). The van der Waals surface area contributed by atoms with E-state index >= 15 is 0 Å². The second-order valence-electron chi connectivity index (χ2n) is 6.56. The van der Waals surface area contributed by atoms with Crippen molar-refractivity contribution >= 4 is 42.3 Å². The van der Waals surface area contributed by atoms with Crippen LogP contribution in [0.3, 0.4) is 0 Å². The first-order valence-corrected chi connectivity index (χ1v) is 9.17. The maximum Gasteiger partial charge on any atom is 0.251 e. The van der Waals surface area contributed by atoms with Gasteiger partial charge in [0.25, 0.3) is 5.91 Å². The van der Waals surface area contributed by atoms with Gasteiger partial charge in [-0.15, -0.1) is 24.8 Å². The van der Waals surface area contributed by atoms with E-state index in [-0.39, 0.29) is 42.5 Å². The average Bonchev–Trinajstić information content (AvgIpc) is 2.57. The van der Waals surface area contributed by atoms with Crippen LogP contribution in [0.4, 0.5) is 5.69 Å². The number of hydrogen-bond donors (Lipinski definition) is 3. The highest BCUT2D eigenvalue weighted by Gasteiger charge is 2.28. The van der Waals surface area contributed by atoms with Crippen LogP contribution in [0.5, 0.6) is 0 Å². The smallest absolute Gasteiger partial charge is 0.251 e. The summed E-state index contributed by atoms with van der Waals surface area (Å²) in [5.41, 5.74) is 1.23. The van der Waals surface area contributed by atoms with Crippen LogP contribution in [0.25, 0.3) is 0 Å². The molecule has 3 N–H and O–H groups in total. The van der Waals surface area contributed by atoms with Gasteiger partial charge in [0.05, 0.1) is 0 Å². The second-order valence-corrected chi connectivity index (χ2v) is 6.56. The molecule has 0 bridgehead atoms. The number of hydrogen-bond acceptors (Lipinski definition) is 4. The summed E-state index contributed by atoms with van der Waals surface area (Å²) in [5.74, 6) is 0.254. The lowest BCUT2D eigenvalue weighted by atomic mass is 9.88. The average molecular weight is 419 g/mol. The van der Waals surface area contributed by atoms with E-state index < -0.39 is 0 Å². The number of anilines is 1. The van der Waals surface area contributed by atoms with Gasteiger partial charge in [-0.1, -0.05) is 26.8 Å². The van der Waals surface area contributed by atoms with Gasteiger partial charge in [-0.05, 0) is 50.3 Å². The normalized spacial score (nSPS) is 14.4. The van der Waals surface area contributed by atoms with Crippen LogP contribution in [0.1, 0.15) is 31.1 Å². The fourth-order valence-corrected chi connectivity index (χ4v) is 2.84. The molecule has 1 atom stereocenters. The van der Waals surface area contributed by atoms with Gasteiger partial charge >= 0.3 is 0 Å². The molecular formula is C19H32Cl2N4O2. The number of carbonyl (C=O) groups excluding carboxylic acids is 2. The first-order valence-electron chi connectivity index (χ1n) is 9.17. The number of amides is 2. The van der Waals surface area contributed by atoms with Crippen molar-refractivity contribution in [3.63, 3.8) is 0 Å². The van der Waals surface area contributed by atoms with Crippen LogP contribution in [0.2, 0.25) is 0 Å². The Morgan fingerprint density at radius 1 is 1.22 bits per heavy atom. The monoisotopic (exact) mass is 418 g/mol. The third kappa shape index (κ3) is 7.66. The van der Waals surface area contributed by atoms with Gasteiger partial charge in [-0.25, -0.2) is 0 Å². The van der Waals surface area contributed by atoms with Crippen molar-refractivity contribution in [3.05, 3.63) is 29.8 Å². The summed E-state index contributed by atoms with van der Waals surface area (Å²) < 4.78 is 0. The fourth-order valence-electron chi connectivity index (χ4n) is 2.84. The number of likely N-dealkylation sites (N-methyl/N-ethyl adjacent to an activating group) is 1. The number of halogens is 2. The molecule has 154 valence electrons. The summed E-state index contributed by atoms with van der Waals surface area (Å²) in [6, 6.07) is 7.11. The van der Waals surface area contributed by atoms with Crippen molar-refractivity contribution in [1.29, 1.82) is 0 Å². The van der Waals surface area contributed by atoms with E-state index in [1.54, 1.807) is 18.2 Å². The maximum atomic E-state index is 12.3. The molecule has 8 heteroatoms. The molecule has 0 saturated carbocycles. The second kappa shape index (κ2) is 12.9. The van der Waals surface area contributed by atoms with E-state index in [4.69, 9.17) is 0 Å². The summed E-state index contributed by atoms with van der Waals surface area (Å²) in [6.07, 6.45) is 0. The first-order chi connectivity index (χ1) is 12.0. The van der Waals surface area contributed by atoms with Crippen molar-refractivity contribution in [3.8, 4) is 0 Å². The van der Waals surface area contributed by atoms with E-state index in [9.17, 15) is 9.59 Å². The Morgan fingerprint density at radius 3 is 2.44 bits per heavy atom. The molecule has 6 nitrogen and oxygen atoms in total. The van der Waals surface area contributed by atoms with Gasteiger partial charge in [-0.3, -0.25) is 9.59 Å². The zero-order valence-electron chi connectivity index (χ0n) is 16.3. The van der Waals surface area contributed by atoms with E-state index in [1.807, 2.05) is 13.0 Å². The summed E-state index contributed by atoms with van der Waals surface area (Å²) in [7, 11) is 0. The number of carbonyl (C=O) groups is 2. The SMILES string of the molecule is CCN(CC)CCNC(=O)c1cccc(NC(=O)C(C)C2CNC2)c1.Cl.Cl. The summed E-state index contributed by atoms with van der Waals surface area (Å²) >= 11 is 0. The van der Waals surface area contributed by atoms with Crippen LogP contribution < -0.4 is 16.0 Å². The third-order valence-electron chi connectivity index (χ3n) is 4.93. The standard InChI is InChI=1S/C19H30N4O2.2ClH/c1-4-23(5-2)10-9-21-19(25)15-7-6-8-17(11-15)22-18(24)14(3)16-12-20-13-16;;/h6-8,11,14,16,20H,4-5,9-10,12-13H2,1-3H3,(H,21,25)(H,22,24);2*1H. The van der Waals surface area contributed by atoms with E-state index in [0.29, 0.717) is 23.7 Å². The molecule has 0 radical (unpaired) electrons. The topological polar surface area (TPSA) is 73.5 Å². The molecule has 1 aromatic carbocycles. The lowest BCUT2D eigenvalue weighted by Crippen LogP contribution is -2.48. The molecule has 0 spiro atoms. The molecule has 1 aliphatic rings. The molecular weight excluding hydrogens is 387 g/mol. The molecule has 1 saturated heterocycles. The fraction of sp³-hybridized carbons (Fsp3) is 0.579. The van der Waals surface area contributed by atoms with Crippen molar-refractivity contribution in [2.24, 2.45) is 11.8 Å². The lowest BCUT2D eigenvalue weighted by molar-refractivity contribution is -0.121. The Hall–Kier alpha value is -1.34. The Kier molecular flexibility index (Phi) is 12.3. The molecule has 1 fully saturated rings. The molecule has 1 heterocycles. The highest BCUT2D eigenvalue weighted by molar-refractivity contribution is 5.97. The minimum atomic E-state index is -0.112. The van der Waals surface area contributed by atoms with E-state index in [0.717, 1.165) is 32.7 Å². The van der Waals surface area contributed by atoms with E-state index in [1.165, 1.54) is 0 Å². The van der Waals surface area contributed by atoms with Gasteiger partial charge in [0.15, 0.2) is 0 Å². The first kappa shape index (κ1) is 25.7. The summed E-state index contributed by atoms with van der Waals surface area (Å²) in [5, 5.41) is 9.04. The van der Waals surface area contributed by atoms with E-state index in [2.05, 4.69) is 34.7 Å². The molecule has 0 aliphatic carbocycles. The van der Waals surface area contributed by atoms with Crippen molar-refractivity contribution in [2.45, 2.75) is 20.8 Å². The number of rotatable bonds is 9. The van der Waals surface area contributed by atoms with Gasteiger partial charge in [0.2, 0.25) is 5.91 Å². The number of nitrogens with zero attached hydrogens (tertiary/aromatic N) is 1. The lowest BCUT2D eigenvalue weighted by Gasteiger charge is -2.31.